The number of nitrogen functional groups attached to an aromatic ring is 1. The fourth-order valence-corrected chi connectivity index (χ4v) is 1.82. The van der Waals surface area contributed by atoms with Crippen LogP contribution in [0.15, 0.2) is 45.6 Å². The standard InChI is InChI=1S/C13H10FN3O2/c14-8-2-1-3-10(12(8)15)16-7-4-5-9-11(6-7)19-13(18)17-9/h1-6,16H,15H2,(H,17,18). The van der Waals surface area contributed by atoms with Crippen molar-refractivity contribution in [2.45, 2.75) is 0 Å². The summed E-state index contributed by atoms with van der Waals surface area (Å²) in [7, 11) is 0. The number of oxazole rings is 1. The lowest BCUT2D eigenvalue weighted by molar-refractivity contribution is 0.555. The minimum atomic E-state index is -0.516. The SMILES string of the molecule is Nc1c(F)cccc1Nc1ccc2[nH]c(=O)oc2c1. The normalized spacial score (nSPS) is 10.8. The molecule has 5 nitrogen and oxygen atoms in total. The van der Waals surface area contributed by atoms with Crippen LogP contribution in [0.5, 0.6) is 0 Å². The number of H-pyrrole nitrogens is 1. The Morgan fingerprint density at radius 1 is 1.26 bits per heavy atom. The number of fused-ring (bicyclic) bond motifs is 1. The highest BCUT2D eigenvalue weighted by Gasteiger charge is 2.06. The molecule has 6 heteroatoms. The first-order chi connectivity index (χ1) is 9.13. The Hall–Kier alpha value is -2.76. The number of rotatable bonds is 2. The van der Waals surface area contributed by atoms with Crippen molar-refractivity contribution in [3.05, 3.63) is 52.8 Å². The van der Waals surface area contributed by atoms with E-state index in [1.54, 1.807) is 30.3 Å². The lowest BCUT2D eigenvalue weighted by Crippen LogP contribution is -1.98. The lowest BCUT2D eigenvalue weighted by Gasteiger charge is -2.09. The highest BCUT2D eigenvalue weighted by Crippen LogP contribution is 2.26. The Labute approximate surface area is 106 Å². The van der Waals surface area contributed by atoms with Crippen LogP contribution < -0.4 is 16.8 Å². The number of benzene rings is 2. The van der Waals surface area contributed by atoms with Crippen molar-refractivity contribution in [3.8, 4) is 0 Å². The van der Waals surface area contributed by atoms with Gasteiger partial charge in [0.1, 0.15) is 5.82 Å². The molecular weight excluding hydrogens is 249 g/mol. The summed E-state index contributed by atoms with van der Waals surface area (Å²) < 4.78 is 18.3. The molecule has 0 fully saturated rings. The predicted molar refractivity (Wildman–Crippen MR) is 70.9 cm³/mol. The summed E-state index contributed by atoms with van der Waals surface area (Å²) in [5, 5.41) is 2.97. The molecule has 0 spiro atoms. The third kappa shape index (κ3) is 2.03. The van der Waals surface area contributed by atoms with Gasteiger partial charge in [-0.2, -0.15) is 0 Å². The number of nitrogens with one attached hydrogen (secondary N) is 2. The largest absolute Gasteiger partial charge is 0.417 e. The van der Waals surface area contributed by atoms with E-state index in [0.29, 0.717) is 22.5 Å². The summed E-state index contributed by atoms with van der Waals surface area (Å²) >= 11 is 0. The Morgan fingerprint density at radius 2 is 2.11 bits per heavy atom. The first kappa shape index (κ1) is 11.3. The molecule has 19 heavy (non-hydrogen) atoms. The molecule has 0 aliphatic carbocycles. The van der Waals surface area contributed by atoms with Crippen LogP contribution in [0.2, 0.25) is 0 Å². The van der Waals surface area contributed by atoms with E-state index in [0.717, 1.165) is 0 Å². The van der Waals surface area contributed by atoms with Gasteiger partial charge >= 0.3 is 5.76 Å². The van der Waals surface area contributed by atoms with Crippen LogP contribution in [0.4, 0.5) is 21.5 Å². The Morgan fingerprint density at radius 3 is 2.95 bits per heavy atom. The molecule has 0 bridgehead atoms. The molecule has 0 atom stereocenters. The van der Waals surface area contributed by atoms with Crippen molar-refractivity contribution in [1.82, 2.24) is 4.98 Å². The van der Waals surface area contributed by atoms with Crippen molar-refractivity contribution in [3.63, 3.8) is 0 Å². The minimum Gasteiger partial charge on any atom is -0.408 e. The molecule has 1 aromatic heterocycles. The van der Waals surface area contributed by atoms with Gasteiger partial charge in [-0.25, -0.2) is 9.18 Å². The van der Waals surface area contributed by atoms with Gasteiger partial charge in [0, 0.05) is 11.8 Å². The molecule has 0 radical (unpaired) electrons. The molecule has 0 aliphatic rings. The molecule has 0 saturated heterocycles. The van der Waals surface area contributed by atoms with Crippen LogP contribution in [0.3, 0.4) is 0 Å². The molecule has 4 N–H and O–H groups in total. The molecule has 0 amide bonds. The molecule has 0 saturated carbocycles. The Kier molecular flexibility index (Phi) is 2.49. The summed E-state index contributed by atoms with van der Waals surface area (Å²) in [6.45, 7) is 0. The van der Waals surface area contributed by atoms with Gasteiger partial charge in [0.05, 0.1) is 16.9 Å². The molecule has 3 aromatic rings. The maximum atomic E-state index is 13.3. The van der Waals surface area contributed by atoms with Crippen LogP contribution in [-0.4, -0.2) is 4.98 Å². The van der Waals surface area contributed by atoms with Gasteiger partial charge in [-0.05, 0) is 24.3 Å². The van der Waals surface area contributed by atoms with E-state index >= 15 is 0 Å². The van der Waals surface area contributed by atoms with Crippen LogP contribution in [0.25, 0.3) is 11.1 Å². The van der Waals surface area contributed by atoms with Gasteiger partial charge < -0.3 is 15.5 Å². The average molecular weight is 259 g/mol. The third-order valence-corrected chi connectivity index (χ3v) is 2.75. The molecular formula is C13H10FN3O2. The topological polar surface area (TPSA) is 84.0 Å². The van der Waals surface area contributed by atoms with Crippen molar-refractivity contribution < 1.29 is 8.81 Å². The van der Waals surface area contributed by atoms with Gasteiger partial charge in [0.15, 0.2) is 5.58 Å². The quantitative estimate of drug-likeness (QED) is 0.617. The van der Waals surface area contributed by atoms with E-state index in [4.69, 9.17) is 10.2 Å². The highest BCUT2D eigenvalue weighted by molar-refractivity contribution is 5.80. The summed E-state index contributed by atoms with van der Waals surface area (Å²) in [6, 6.07) is 9.57. The molecule has 1 heterocycles. The van der Waals surface area contributed by atoms with Gasteiger partial charge in [-0.1, -0.05) is 6.07 Å². The molecule has 3 rings (SSSR count). The van der Waals surface area contributed by atoms with Crippen LogP contribution in [-0.2, 0) is 0 Å². The zero-order chi connectivity index (χ0) is 13.4. The van der Waals surface area contributed by atoms with E-state index in [-0.39, 0.29) is 5.69 Å². The number of hydrogen-bond acceptors (Lipinski definition) is 4. The second-order valence-corrected chi connectivity index (χ2v) is 4.05. The maximum absolute atomic E-state index is 13.3. The average Bonchev–Trinajstić information content (AvgIpc) is 2.74. The fourth-order valence-electron chi connectivity index (χ4n) is 1.82. The van der Waals surface area contributed by atoms with Gasteiger partial charge in [0.2, 0.25) is 0 Å². The van der Waals surface area contributed by atoms with Gasteiger partial charge in [0.25, 0.3) is 0 Å². The Bertz CT molecular complexity index is 807. The molecule has 96 valence electrons. The fraction of sp³-hybridized carbons (Fsp3) is 0. The third-order valence-electron chi connectivity index (χ3n) is 2.75. The monoisotopic (exact) mass is 259 g/mol. The van der Waals surface area contributed by atoms with E-state index < -0.39 is 11.6 Å². The van der Waals surface area contributed by atoms with Crippen LogP contribution in [0, 0.1) is 5.82 Å². The Balaban J connectivity index is 2.00. The number of para-hydroxylation sites is 1. The number of aromatic amines is 1. The first-order valence-electron chi connectivity index (χ1n) is 5.57. The summed E-state index contributed by atoms with van der Waals surface area (Å²) in [5.74, 6) is -1.00. The van der Waals surface area contributed by atoms with E-state index in [9.17, 15) is 9.18 Å². The number of anilines is 3. The number of aromatic nitrogens is 1. The van der Waals surface area contributed by atoms with Crippen molar-refractivity contribution >= 4 is 28.2 Å². The maximum Gasteiger partial charge on any atom is 0.417 e. The predicted octanol–water partition coefficient (Wildman–Crippen LogP) is 2.59. The van der Waals surface area contributed by atoms with Crippen molar-refractivity contribution in [2.75, 3.05) is 11.1 Å². The van der Waals surface area contributed by atoms with Crippen LogP contribution in [0.1, 0.15) is 0 Å². The van der Waals surface area contributed by atoms with E-state index in [1.165, 1.54) is 6.07 Å². The van der Waals surface area contributed by atoms with Crippen molar-refractivity contribution in [1.29, 1.82) is 0 Å². The zero-order valence-corrected chi connectivity index (χ0v) is 9.74. The smallest absolute Gasteiger partial charge is 0.408 e. The number of nitrogens with two attached hydrogens (primary N) is 1. The summed E-state index contributed by atoms with van der Waals surface area (Å²) in [4.78, 5) is 13.6. The van der Waals surface area contributed by atoms with Gasteiger partial charge in [-0.3, -0.25) is 4.98 Å². The first-order valence-corrected chi connectivity index (χ1v) is 5.57. The lowest BCUT2D eigenvalue weighted by atomic mass is 10.2. The number of halogens is 1. The van der Waals surface area contributed by atoms with Crippen LogP contribution >= 0.6 is 0 Å². The van der Waals surface area contributed by atoms with Gasteiger partial charge in [-0.15, -0.1) is 0 Å². The summed E-state index contributed by atoms with van der Waals surface area (Å²) in [5.41, 5.74) is 7.79. The second kappa shape index (κ2) is 4.16. The number of hydrogen-bond donors (Lipinski definition) is 3. The van der Waals surface area contributed by atoms with E-state index in [1.807, 2.05) is 0 Å². The highest BCUT2D eigenvalue weighted by atomic mass is 19.1. The van der Waals surface area contributed by atoms with E-state index in [2.05, 4.69) is 10.3 Å². The zero-order valence-electron chi connectivity index (χ0n) is 9.74. The molecule has 0 unspecified atom stereocenters. The van der Waals surface area contributed by atoms with Crippen molar-refractivity contribution in [2.24, 2.45) is 0 Å². The second-order valence-electron chi connectivity index (χ2n) is 4.05. The molecule has 0 aliphatic heterocycles. The minimum absolute atomic E-state index is 0.0399. The summed E-state index contributed by atoms with van der Waals surface area (Å²) in [6.07, 6.45) is 0. The molecule has 2 aromatic carbocycles.